The van der Waals surface area contributed by atoms with Crippen LogP contribution in [0.3, 0.4) is 0 Å². The summed E-state index contributed by atoms with van der Waals surface area (Å²) in [7, 11) is 3.22. The van der Waals surface area contributed by atoms with Crippen LogP contribution in [0.5, 0.6) is 0 Å². The highest BCUT2D eigenvalue weighted by atomic mass is 32.2. The summed E-state index contributed by atoms with van der Waals surface area (Å²) in [5.74, 6) is 0.412. The molecule has 6 heteroatoms. The number of ether oxygens (including phenoxy) is 1. The summed E-state index contributed by atoms with van der Waals surface area (Å²) in [4.78, 5) is 13.3. The number of thioether (sulfide) groups is 1. The van der Waals surface area contributed by atoms with Crippen molar-refractivity contribution in [1.29, 1.82) is 0 Å². The molecule has 1 atom stereocenters. The number of amides is 1. The zero-order chi connectivity index (χ0) is 12.7. The Kier molecular flexibility index (Phi) is 6.57. The smallest absolute Gasteiger partial charge is 0.232 e. The van der Waals surface area contributed by atoms with E-state index in [1.807, 2.05) is 17.5 Å². The number of carbonyl (C=O) groups is 1. The molecule has 0 saturated heterocycles. The summed E-state index contributed by atoms with van der Waals surface area (Å²) >= 11 is 3.14. The fourth-order valence-corrected chi connectivity index (χ4v) is 2.98. The van der Waals surface area contributed by atoms with Crippen LogP contribution in [0.25, 0.3) is 0 Å². The SMILES string of the molecule is COCC(O)CN(C)C(=O)CSc1cccs1. The predicted octanol–water partition coefficient (Wildman–Crippen LogP) is 1.31. The number of thiophene rings is 1. The van der Waals surface area contributed by atoms with Crippen LogP contribution in [0.4, 0.5) is 0 Å². The molecule has 17 heavy (non-hydrogen) atoms. The van der Waals surface area contributed by atoms with Crippen LogP contribution in [0.15, 0.2) is 21.7 Å². The normalized spacial score (nSPS) is 12.4. The molecular weight excluding hydrogens is 258 g/mol. The van der Waals surface area contributed by atoms with Crippen molar-refractivity contribution in [2.24, 2.45) is 0 Å². The lowest BCUT2D eigenvalue weighted by atomic mass is 10.3. The number of methoxy groups -OCH3 is 1. The number of aliphatic hydroxyl groups excluding tert-OH is 1. The highest BCUT2D eigenvalue weighted by molar-refractivity contribution is 8.01. The molecule has 1 rings (SSSR count). The van der Waals surface area contributed by atoms with Crippen molar-refractivity contribution in [3.63, 3.8) is 0 Å². The van der Waals surface area contributed by atoms with Crippen molar-refractivity contribution < 1.29 is 14.6 Å². The van der Waals surface area contributed by atoms with Crippen molar-refractivity contribution in [2.45, 2.75) is 10.3 Å². The average molecular weight is 275 g/mol. The van der Waals surface area contributed by atoms with Gasteiger partial charge in [-0.15, -0.1) is 23.1 Å². The van der Waals surface area contributed by atoms with Gasteiger partial charge in [0.25, 0.3) is 0 Å². The first-order chi connectivity index (χ1) is 8.13. The van der Waals surface area contributed by atoms with E-state index in [1.54, 1.807) is 18.4 Å². The van der Waals surface area contributed by atoms with Gasteiger partial charge in [-0.2, -0.15) is 0 Å². The molecule has 1 amide bonds. The van der Waals surface area contributed by atoms with E-state index in [9.17, 15) is 9.90 Å². The molecule has 1 N–H and O–H groups in total. The van der Waals surface area contributed by atoms with E-state index in [2.05, 4.69) is 0 Å². The Hall–Kier alpha value is -0.560. The van der Waals surface area contributed by atoms with Crippen molar-refractivity contribution >= 4 is 29.0 Å². The predicted molar refractivity (Wildman–Crippen MR) is 70.6 cm³/mol. The summed E-state index contributed by atoms with van der Waals surface area (Å²) in [6, 6.07) is 3.95. The number of hydrogen-bond acceptors (Lipinski definition) is 5. The van der Waals surface area contributed by atoms with Gasteiger partial charge in [0, 0.05) is 20.7 Å². The number of nitrogens with zero attached hydrogens (tertiary/aromatic N) is 1. The lowest BCUT2D eigenvalue weighted by Gasteiger charge is -2.20. The van der Waals surface area contributed by atoms with Gasteiger partial charge in [0.2, 0.25) is 5.91 Å². The van der Waals surface area contributed by atoms with Crippen LogP contribution in [0.1, 0.15) is 0 Å². The van der Waals surface area contributed by atoms with Crippen LogP contribution in [0.2, 0.25) is 0 Å². The minimum atomic E-state index is -0.624. The van der Waals surface area contributed by atoms with Crippen molar-refractivity contribution in [3.05, 3.63) is 17.5 Å². The quantitative estimate of drug-likeness (QED) is 0.762. The van der Waals surface area contributed by atoms with Crippen LogP contribution in [0, 0.1) is 0 Å². The summed E-state index contributed by atoms with van der Waals surface area (Å²) in [6.07, 6.45) is -0.624. The maximum absolute atomic E-state index is 11.7. The molecule has 0 aromatic carbocycles. The Labute approximate surface area is 110 Å². The van der Waals surface area contributed by atoms with Gasteiger partial charge < -0.3 is 14.7 Å². The molecule has 1 aromatic rings. The van der Waals surface area contributed by atoms with Gasteiger partial charge in [-0.3, -0.25) is 4.79 Å². The fourth-order valence-electron chi connectivity index (χ4n) is 1.25. The van der Waals surface area contributed by atoms with E-state index >= 15 is 0 Å². The first-order valence-electron chi connectivity index (χ1n) is 5.20. The third-order valence-corrected chi connectivity index (χ3v) is 4.22. The summed E-state index contributed by atoms with van der Waals surface area (Å²) < 4.78 is 5.94. The number of likely N-dealkylation sites (N-methyl/N-ethyl adjacent to an activating group) is 1. The maximum Gasteiger partial charge on any atom is 0.232 e. The maximum atomic E-state index is 11.7. The van der Waals surface area contributed by atoms with E-state index in [4.69, 9.17) is 4.74 Å². The van der Waals surface area contributed by atoms with Gasteiger partial charge in [-0.25, -0.2) is 0 Å². The summed E-state index contributed by atoms with van der Waals surface area (Å²) in [6.45, 7) is 0.549. The van der Waals surface area contributed by atoms with Crippen LogP contribution < -0.4 is 0 Å². The molecule has 1 aromatic heterocycles. The second-order valence-corrected chi connectivity index (χ2v) is 5.83. The first-order valence-corrected chi connectivity index (χ1v) is 7.07. The van der Waals surface area contributed by atoms with Crippen LogP contribution in [-0.4, -0.2) is 55.1 Å². The van der Waals surface area contributed by atoms with E-state index in [0.29, 0.717) is 12.3 Å². The van der Waals surface area contributed by atoms with Crippen LogP contribution in [-0.2, 0) is 9.53 Å². The molecule has 0 aliphatic rings. The topological polar surface area (TPSA) is 49.8 Å². The Morgan fingerprint density at radius 2 is 2.47 bits per heavy atom. The number of hydrogen-bond donors (Lipinski definition) is 1. The van der Waals surface area contributed by atoms with Crippen LogP contribution >= 0.6 is 23.1 Å². The highest BCUT2D eigenvalue weighted by Gasteiger charge is 2.13. The summed E-state index contributed by atoms with van der Waals surface area (Å²) in [5.41, 5.74) is 0. The van der Waals surface area contributed by atoms with Gasteiger partial charge in [0.15, 0.2) is 0 Å². The molecule has 0 aliphatic heterocycles. The zero-order valence-corrected chi connectivity index (χ0v) is 11.6. The molecule has 0 radical (unpaired) electrons. The summed E-state index contributed by atoms with van der Waals surface area (Å²) in [5, 5.41) is 11.5. The lowest BCUT2D eigenvalue weighted by molar-refractivity contribution is -0.128. The van der Waals surface area contributed by atoms with Gasteiger partial charge in [-0.1, -0.05) is 6.07 Å². The number of rotatable bonds is 7. The molecule has 0 saturated carbocycles. The minimum Gasteiger partial charge on any atom is -0.389 e. The van der Waals surface area contributed by atoms with Gasteiger partial charge in [0.05, 0.1) is 22.7 Å². The Balaban J connectivity index is 2.27. The molecular formula is C11H17NO3S2. The average Bonchev–Trinajstić information content (AvgIpc) is 2.78. The van der Waals surface area contributed by atoms with E-state index in [0.717, 1.165) is 4.21 Å². The Morgan fingerprint density at radius 3 is 3.06 bits per heavy atom. The molecule has 1 unspecified atom stereocenters. The molecule has 0 bridgehead atoms. The molecule has 4 nitrogen and oxygen atoms in total. The van der Waals surface area contributed by atoms with Gasteiger partial charge >= 0.3 is 0 Å². The Morgan fingerprint density at radius 1 is 1.71 bits per heavy atom. The van der Waals surface area contributed by atoms with E-state index < -0.39 is 6.10 Å². The minimum absolute atomic E-state index is 0.0125. The van der Waals surface area contributed by atoms with Gasteiger partial charge in [-0.05, 0) is 11.4 Å². The van der Waals surface area contributed by atoms with Crippen molar-refractivity contribution in [2.75, 3.05) is 33.1 Å². The monoisotopic (exact) mass is 275 g/mol. The standard InChI is InChI=1S/C11H17NO3S2/c1-12(6-9(13)7-15-2)10(14)8-17-11-4-3-5-16-11/h3-5,9,13H,6-8H2,1-2H3. The van der Waals surface area contributed by atoms with E-state index in [1.165, 1.54) is 23.8 Å². The van der Waals surface area contributed by atoms with Gasteiger partial charge in [0.1, 0.15) is 0 Å². The number of aliphatic hydroxyl groups is 1. The second kappa shape index (κ2) is 7.71. The lowest BCUT2D eigenvalue weighted by Crippen LogP contribution is -2.37. The first kappa shape index (κ1) is 14.5. The molecule has 1 heterocycles. The van der Waals surface area contributed by atoms with Crippen molar-refractivity contribution in [3.8, 4) is 0 Å². The highest BCUT2D eigenvalue weighted by Crippen LogP contribution is 2.23. The Bertz CT molecular complexity index is 329. The number of carbonyl (C=O) groups excluding carboxylic acids is 1. The second-order valence-electron chi connectivity index (χ2n) is 3.60. The van der Waals surface area contributed by atoms with Crippen molar-refractivity contribution in [1.82, 2.24) is 4.90 Å². The molecule has 96 valence electrons. The largest absolute Gasteiger partial charge is 0.389 e. The molecule has 0 spiro atoms. The third kappa shape index (κ3) is 5.54. The molecule has 0 aliphatic carbocycles. The molecule has 0 fully saturated rings. The third-order valence-electron chi connectivity index (χ3n) is 2.10. The van der Waals surface area contributed by atoms with E-state index in [-0.39, 0.29) is 12.5 Å². The zero-order valence-electron chi connectivity index (χ0n) is 9.96. The fraction of sp³-hybridized carbons (Fsp3) is 0.545.